The Balaban J connectivity index is 1.33. The third-order valence-corrected chi connectivity index (χ3v) is 8.42. The number of benzene rings is 1. The lowest BCUT2D eigenvalue weighted by molar-refractivity contribution is 0.0996. The van der Waals surface area contributed by atoms with Crippen LogP contribution < -0.4 is 16.4 Å². The summed E-state index contributed by atoms with van der Waals surface area (Å²) in [6.07, 6.45) is 10.8. The smallest absolute Gasteiger partial charge is 0.271 e. The molecular weight excluding hydrogens is 470 g/mol. The molecule has 1 saturated carbocycles. The Hall–Kier alpha value is -2.78. The Kier molecular flexibility index (Phi) is 7.67. The molecule has 3 aromatic rings. The van der Waals surface area contributed by atoms with Gasteiger partial charge in [0, 0.05) is 17.8 Å². The summed E-state index contributed by atoms with van der Waals surface area (Å²) in [4.78, 5) is 29.0. The minimum atomic E-state index is -0.584. The fourth-order valence-corrected chi connectivity index (χ4v) is 6.45. The summed E-state index contributed by atoms with van der Waals surface area (Å²) in [7, 11) is 0. The summed E-state index contributed by atoms with van der Waals surface area (Å²) in [5.74, 6) is 0.554. The summed E-state index contributed by atoms with van der Waals surface area (Å²) in [5.41, 5.74) is 8.44. The highest BCUT2D eigenvalue weighted by Gasteiger charge is 2.27. The number of nitrogens with two attached hydrogens (primary N) is 1. The molecule has 0 atom stereocenters. The molecule has 9 heteroatoms. The van der Waals surface area contributed by atoms with Crippen LogP contribution in [0.2, 0.25) is 0 Å². The predicted octanol–water partition coefficient (Wildman–Crippen LogP) is 5.40. The number of nitrogens with zero attached hydrogens (tertiary/aromatic N) is 4. The van der Waals surface area contributed by atoms with Crippen LogP contribution in [0.1, 0.15) is 79.5 Å². The summed E-state index contributed by atoms with van der Waals surface area (Å²) < 4.78 is 1.08. The number of amides is 1. The zero-order chi connectivity index (χ0) is 25.1. The lowest BCUT2D eigenvalue weighted by Crippen LogP contribution is -2.41. The molecule has 192 valence electrons. The number of anilines is 3. The van der Waals surface area contributed by atoms with E-state index in [0.717, 1.165) is 45.3 Å². The molecule has 1 aliphatic heterocycles. The lowest BCUT2D eigenvalue weighted by Gasteiger charge is -2.37. The van der Waals surface area contributed by atoms with E-state index in [4.69, 9.17) is 10.7 Å². The number of likely N-dealkylation sites (tertiary alicyclic amines) is 1. The largest absolute Gasteiger partial charge is 0.366 e. The first-order chi connectivity index (χ1) is 17.5. The predicted molar refractivity (Wildman–Crippen MR) is 147 cm³/mol. The van der Waals surface area contributed by atoms with E-state index in [-0.39, 0.29) is 5.69 Å². The first-order valence-corrected chi connectivity index (χ1v) is 14.2. The second-order valence-corrected chi connectivity index (χ2v) is 11.3. The van der Waals surface area contributed by atoms with Crippen molar-refractivity contribution in [2.24, 2.45) is 5.73 Å². The Labute approximate surface area is 217 Å². The van der Waals surface area contributed by atoms with Crippen LogP contribution in [0.3, 0.4) is 0 Å². The Morgan fingerprint density at radius 2 is 1.81 bits per heavy atom. The second kappa shape index (κ2) is 11.1. The van der Waals surface area contributed by atoms with Gasteiger partial charge in [-0.25, -0.2) is 15.0 Å². The van der Waals surface area contributed by atoms with E-state index < -0.39 is 5.91 Å². The van der Waals surface area contributed by atoms with E-state index in [2.05, 4.69) is 25.5 Å². The van der Waals surface area contributed by atoms with E-state index >= 15 is 0 Å². The minimum absolute atomic E-state index is 0.169. The topological polar surface area (TPSA) is 109 Å². The van der Waals surface area contributed by atoms with Gasteiger partial charge in [-0.05, 0) is 83.2 Å². The second-order valence-electron chi connectivity index (χ2n) is 10.1. The van der Waals surface area contributed by atoms with Crippen LogP contribution in [-0.2, 0) is 6.42 Å². The average molecular weight is 508 g/mol. The highest BCUT2D eigenvalue weighted by molar-refractivity contribution is 7.18. The summed E-state index contributed by atoms with van der Waals surface area (Å²) in [6.45, 7) is 6.54. The number of thiazole rings is 1. The van der Waals surface area contributed by atoms with Crippen LogP contribution in [0.5, 0.6) is 0 Å². The molecule has 36 heavy (non-hydrogen) atoms. The molecular formula is C27H37N7OS. The van der Waals surface area contributed by atoms with Crippen molar-refractivity contribution in [3.8, 4) is 0 Å². The maximum Gasteiger partial charge on any atom is 0.271 e. The van der Waals surface area contributed by atoms with Crippen molar-refractivity contribution in [3.63, 3.8) is 0 Å². The standard InChI is InChI=1S/C27H37N7OS/c1-3-21-26(30-18-8-11-20(12-9-18)34-14-6-4-5-7-15-34)33-27(24(32-21)25(28)35)31-19-10-13-22-23(16-19)36-17(2)29-22/h10,13,16,18,20H,3-9,11-12,14-15H2,1-2H3,(H2,28,35)(H2,30,31,33). The molecule has 2 aliphatic rings. The number of carbonyl (C=O) groups excluding carboxylic acids is 1. The van der Waals surface area contributed by atoms with Crippen molar-refractivity contribution in [1.82, 2.24) is 19.9 Å². The molecule has 3 heterocycles. The van der Waals surface area contributed by atoms with Crippen LogP contribution in [-0.4, -0.2) is 50.9 Å². The molecule has 1 aromatic carbocycles. The third-order valence-electron chi connectivity index (χ3n) is 7.49. The molecule has 4 N–H and O–H groups in total. The number of hydrogen-bond donors (Lipinski definition) is 3. The third kappa shape index (κ3) is 5.62. The van der Waals surface area contributed by atoms with E-state index in [1.165, 1.54) is 51.6 Å². The van der Waals surface area contributed by atoms with Crippen LogP contribution in [0, 0.1) is 6.92 Å². The van der Waals surface area contributed by atoms with Gasteiger partial charge >= 0.3 is 0 Å². The fourth-order valence-electron chi connectivity index (χ4n) is 5.58. The zero-order valence-corrected chi connectivity index (χ0v) is 22.2. The van der Waals surface area contributed by atoms with Crippen molar-refractivity contribution >= 4 is 44.8 Å². The van der Waals surface area contributed by atoms with Crippen LogP contribution in [0.25, 0.3) is 10.2 Å². The number of rotatable bonds is 7. The van der Waals surface area contributed by atoms with Crippen LogP contribution in [0.4, 0.5) is 17.3 Å². The van der Waals surface area contributed by atoms with Gasteiger partial charge < -0.3 is 21.3 Å². The molecule has 2 fully saturated rings. The van der Waals surface area contributed by atoms with Crippen LogP contribution >= 0.6 is 11.3 Å². The number of nitrogens with one attached hydrogen (secondary N) is 2. The summed E-state index contributed by atoms with van der Waals surface area (Å²) in [5, 5.41) is 7.98. The summed E-state index contributed by atoms with van der Waals surface area (Å²) in [6, 6.07) is 7.01. The van der Waals surface area contributed by atoms with Gasteiger partial charge in [-0.1, -0.05) is 19.8 Å². The monoisotopic (exact) mass is 507 g/mol. The van der Waals surface area contributed by atoms with Gasteiger partial charge in [0.05, 0.1) is 20.9 Å². The first-order valence-electron chi connectivity index (χ1n) is 13.4. The first kappa shape index (κ1) is 24.9. The number of fused-ring (bicyclic) bond motifs is 1. The quantitative estimate of drug-likeness (QED) is 0.393. The van der Waals surface area contributed by atoms with Crippen molar-refractivity contribution in [2.45, 2.75) is 83.7 Å². The van der Waals surface area contributed by atoms with Gasteiger partial charge in [-0.2, -0.15) is 0 Å². The van der Waals surface area contributed by atoms with Gasteiger partial charge in [0.25, 0.3) is 5.91 Å². The molecule has 0 bridgehead atoms. The fraction of sp³-hybridized carbons (Fsp3) is 0.556. The molecule has 1 saturated heterocycles. The minimum Gasteiger partial charge on any atom is -0.366 e. The number of primary amides is 1. The highest BCUT2D eigenvalue weighted by atomic mass is 32.1. The number of hydrogen-bond acceptors (Lipinski definition) is 8. The zero-order valence-electron chi connectivity index (χ0n) is 21.3. The van der Waals surface area contributed by atoms with E-state index in [1.807, 2.05) is 32.0 Å². The molecule has 0 radical (unpaired) electrons. The number of carbonyl (C=O) groups is 1. The van der Waals surface area contributed by atoms with E-state index in [1.54, 1.807) is 11.3 Å². The van der Waals surface area contributed by atoms with E-state index in [9.17, 15) is 4.79 Å². The van der Waals surface area contributed by atoms with Crippen molar-refractivity contribution in [2.75, 3.05) is 23.7 Å². The highest BCUT2D eigenvalue weighted by Crippen LogP contribution is 2.30. The van der Waals surface area contributed by atoms with Gasteiger partial charge in [-0.15, -0.1) is 11.3 Å². The average Bonchev–Trinajstić information content (AvgIpc) is 3.04. The lowest BCUT2D eigenvalue weighted by atomic mass is 9.90. The SMILES string of the molecule is CCc1nc(C(N)=O)c(Nc2ccc3nc(C)sc3c2)nc1NC1CCC(N2CCCCCC2)CC1. The molecule has 0 unspecified atom stereocenters. The van der Waals surface area contributed by atoms with Gasteiger partial charge in [0.2, 0.25) is 0 Å². The maximum absolute atomic E-state index is 12.3. The molecule has 0 spiro atoms. The van der Waals surface area contributed by atoms with Gasteiger partial charge in [0.1, 0.15) is 5.82 Å². The van der Waals surface area contributed by atoms with Crippen molar-refractivity contribution in [3.05, 3.63) is 34.6 Å². The molecule has 5 rings (SSSR count). The van der Waals surface area contributed by atoms with Crippen molar-refractivity contribution in [1.29, 1.82) is 0 Å². The number of aryl methyl sites for hydroxylation is 2. The van der Waals surface area contributed by atoms with E-state index in [0.29, 0.717) is 24.3 Å². The molecule has 8 nitrogen and oxygen atoms in total. The van der Waals surface area contributed by atoms with Crippen LogP contribution in [0.15, 0.2) is 18.2 Å². The van der Waals surface area contributed by atoms with Crippen molar-refractivity contribution < 1.29 is 4.79 Å². The summed E-state index contributed by atoms with van der Waals surface area (Å²) >= 11 is 1.64. The molecule has 2 aromatic heterocycles. The Morgan fingerprint density at radius 3 is 2.50 bits per heavy atom. The maximum atomic E-state index is 12.3. The normalized spacial score (nSPS) is 21.3. The molecule has 1 amide bonds. The molecule has 1 aliphatic carbocycles. The Morgan fingerprint density at radius 1 is 1.06 bits per heavy atom. The Bertz CT molecular complexity index is 1210. The number of aromatic nitrogens is 3. The van der Waals surface area contributed by atoms with Gasteiger partial charge in [0.15, 0.2) is 11.5 Å². The van der Waals surface area contributed by atoms with Gasteiger partial charge in [-0.3, -0.25) is 4.79 Å².